The summed E-state index contributed by atoms with van der Waals surface area (Å²) in [5.74, 6) is 1.73. The van der Waals surface area contributed by atoms with Crippen LogP contribution in [-0.2, 0) is 0 Å². The van der Waals surface area contributed by atoms with Crippen LogP contribution in [0.2, 0.25) is 0 Å². The largest absolute Gasteiger partial charge is 0.493 e. The summed E-state index contributed by atoms with van der Waals surface area (Å²) < 4.78 is 16.6. The molecule has 0 bridgehead atoms. The molecule has 3 aromatic rings. The zero-order valence-corrected chi connectivity index (χ0v) is 14.6. The molecule has 132 valence electrons. The zero-order chi connectivity index (χ0) is 18.2. The number of carbonyl (C=O) groups excluding carboxylic acids is 1. The highest BCUT2D eigenvalue weighted by atomic mass is 16.5. The summed E-state index contributed by atoms with van der Waals surface area (Å²) in [6.45, 7) is 0.669. The molecule has 0 unspecified atom stereocenters. The molecule has 0 aliphatic rings. The van der Waals surface area contributed by atoms with E-state index in [1.54, 1.807) is 25.3 Å². The van der Waals surface area contributed by atoms with Gasteiger partial charge in [0.05, 0.1) is 12.7 Å². The van der Waals surface area contributed by atoms with E-state index in [-0.39, 0.29) is 0 Å². The smallest absolute Gasteiger partial charge is 0.171 e. The van der Waals surface area contributed by atoms with E-state index in [2.05, 4.69) is 12.1 Å². The van der Waals surface area contributed by atoms with E-state index in [1.807, 2.05) is 42.5 Å². The van der Waals surface area contributed by atoms with Crippen molar-refractivity contribution in [2.45, 2.75) is 0 Å². The second kappa shape index (κ2) is 8.72. The van der Waals surface area contributed by atoms with Gasteiger partial charge >= 0.3 is 0 Å². The summed E-state index contributed by atoms with van der Waals surface area (Å²) in [6, 6.07) is 23.3. The quantitative estimate of drug-likeness (QED) is 0.440. The number of ether oxygens (including phenoxy) is 3. The highest BCUT2D eigenvalue weighted by Crippen LogP contribution is 2.30. The number of aldehydes is 1. The molecular formula is C22H20O4. The van der Waals surface area contributed by atoms with E-state index in [1.165, 1.54) is 5.56 Å². The minimum absolute atomic E-state index is 0.307. The van der Waals surface area contributed by atoms with Crippen molar-refractivity contribution in [3.63, 3.8) is 0 Å². The fraction of sp³-hybridized carbons (Fsp3) is 0.136. The van der Waals surface area contributed by atoms with Crippen LogP contribution in [0.5, 0.6) is 17.2 Å². The van der Waals surface area contributed by atoms with Crippen LogP contribution in [0.15, 0.2) is 72.8 Å². The summed E-state index contributed by atoms with van der Waals surface area (Å²) >= 11 is 0. The zero-order valence-electron chi connectivity index (χ0n) is 14.6. The lowest BCUT2D eigenvalue weighted by molar-refractivity contribution is 0.111. The summed E-state index contributed by atoms with van der Waals surface area (Å²) in [5.41, 5.74) is 2.76. The molecule has 4 nitrogen and oxygen atoms in total. The maximum atomic E-state index is 11.1. The van der Waals surface area contributed by atoms with Crippen LogP contribution in [0.1, 0.15) is 10.4 Å². The predicted molar refractivity (Wildman–Crippen MR) is 101 cm³/mol. The SMILES string of the molecule is COc1cccc(C=O)c1OCCOc1ccc(-c2ccccc2)cc1. The average molecular weight is 348 g/mol. The summed E-state index contributed by atoms with van der Waals surface area (Å²) in [5, 5.41) is 0. The standard InChI is InChI=1S/C22H20O4/c1-24-21-9-5-8-19(16-23)22(21)26-15-14-25-20-12-10-18(11-13-20)17-6-3-2-4-7-17/h2-13,16H,14-15H2,1H3. The van der Waals surface area contributed by atoms with Crippen LogP contribution in [-0.4, -0.2) is 26.6 Å². The van der Waals surface area contributed by atoms with Gasteiger partial charge in [0.1, 0.15) is 19.0 Å². The van der Waals surface area contributed by atoms with Gasteiger partial charge in [0.15, 0.2) is 17.8 Å². The topological polar surface area (TPSA) is 44.8 Å². The Bertz CT molecular complexity index is 842. The summed E-state index contributed by atoms with van der Waals surface area (Å²) in [7, 11) is 1.54. The Labute approximate surface area is 153 Å². The number of hydrogen-bond acceptors (Lipinski definition) is 4. The van der Waals surface area contributed by atoms with Gasteiger partial charge in [0.2, 0.25) is 0 Å². The van der Waals surface area contributed by atoms with E-state index in [0.29, 0.717) is 30.3 Å². The predicted octanol–water partition coefficient (Wildman–Crippen LogP) is 4.63. The summed E-state index contributed by atoms with van der Waals surface area (Å²) in [6.07, 6.45) is 0.751. The van der Waals surface area contributed by atoms with Gasteiger partial charge in [-0.15, -0.1) is 0 Å². The minimum atomic E-state index is 0.307. The van der Waals surface area contributed by atoms with E-state index < -0.39 is 0 Å². The first-order valence-electron chi connectivity index (χ1n) is 8.35. The fourth-order valence-corrected chi connectivity index (χ4v) is 2.62. The normalized spacial score (nSPS) is 10.2. The molecule has 0 aliphatic heterocycles. The monoisotopic (exact) mass is 348 g/mol. The van der Waals surface area contributed by atoms with E-state index >= 15 is 0 Å². The number of carbonyl (C=O) groups is 1. The van der Waals surface area contributed by atoms with Crippen molar-refractivity contribution in [3.8, 4) is 28.4 Å². The van der Waals surface area contributed by atoms with Gasteiger partial charge in [-0.25, -0.2) is 0 Å². The van der Waals surface area contributed by atoms with Crippen LogP contribution < -0.4 is 14.2 Å². The second-order valence-corrected chi connectivity index (χ2v) is 5.58. The van der Waals surface area contributed by atoms with Crippen molar-refractivity contribution in [1.29, 1.82) is 0 Å². The van der Waals surface area contributed by atoms with Gasteiger partial charge in [-0.1, -0.05) is 48.5 Å². The van der Waals surface area contributed by atoms with Gasteiger partial charge in [0.25, 0.3) is 0 Å². The van der Waals surface area contributed by atoms with Crippen LogP contribution >= 0.6 is 0 Å². The molecule has 0 amide bonds. The lowest BCUT2D eigenvalue weighted by Crippen LogP contribution is -2.10. The molecule has 0 heterocycles. The molecule has 0 N–H and O–H groups in total. The third-order valence-corrected chi connectivity index (χ3v) is 3.92. The molecule has 3 rings (SSSR count). The Morgan fingerprint density at radius 2 is 1.46 bits per heavy atom. The number of rotatable bonds is 8. The summed E-state index contributed by atoms with van der Waals surface area (Å²) in [4.78, 5) is 11.1. The molecule has 3 aromatic carbocycles. The van der Waals surface area contributed by atoms with Crippen molar-refractivity contribution < 1.29 is 19.0 Å². The molecule has 0 saturated heterocycles. The van der Waals surface area contributed by atoms with E-state index in [9.17, 15) is 4.79 Å². The Hall–Kier alpha value is -3.27. The highest BCUT2D eigenvalue weighted by Gasteiger charge is 2.09. The molecule has 0 aliphatic carbocycles. The third-order valence-electron chi connectivity index (χ3n) is 3.92. The maximum absolute atomic E-state index is 11.1. The van der Waals surface area contributed by atoms with Crippen molar-refractivity contribution in [3.05, 3.63) is 78.4 Å². The lowest BCUT2D eigenvalue weighted by atomic mass is 10.1. The third kappa shape index (κ3) is 4.22. The number of benzene rings is 3. The van der Waals surface area contributed by atoms with Crippen LogP contribution in [0.3, 0.4) is 0 Å². The number of hydrogen-bond donors (Lipinski definition) is 0. The molecule has 0 radical (unpaired) electrons. The van der Waals surface area contributed by atoms with E-state index in [4.69, 9.17) is 14.2 Å². The van der Waals surface area contributed by atoms with Crippen LogP contribution in [0, 0.1) is 0 Å². The Balaban J connectivity index is 1.55. The van der Waals surface area contributed by atoms with Crippen LogP contribution in [0.25, 0.3) is 11.1 Å². The Morgan fingerprint density at radius 3 is 2.15 bits per heavy atom. The minimum Gasteiger partial charge on any atom is -0.493 e. The number of para-hydroxylation sites is 1. The Kier molecular flexibility index (Phi) is 5.88. The molecule has 0 atom stereocenters. The van der Waals surface area contributed by atoms with Crippen molar-refractivity contribution >= 4 is 6.29 Å². The second-order valence-electron chi connectivity index (χ2n) is 5.58. The average Bonchev–Trinajstić information content (AvgIpc) is 2.72. The van der Waals surface area contributed by atoms with Crippen LogP contribution in [0.4, 0.5) is 0 Å². The van der Waals surface area contributed by atoms with Crippen molar-refractivity contribution in [2.24, 2.45) is 0 Å². The molecule has 0 saturated carbocycles. The van der Waals surface area contributed by atoms with E-state index in [0.717, 1.165) is 17.6 Å². The highest BCUT2D eigenvalue weighted by molar-refractivity contribution is 5.81. The molecule has 26 heavy (non-hydrogen) atoms. The molecule has 0 fully saturated rings. The first-order valence-corrected chi connectivity index (χ1v) is 8.35. The van der Waals surface area contributed by atoms with Gasteiger partial charge in [-0.2, -0.15) is 0 Å². The lowest BCUT2D eigenvalue weighted by Gasteiger charge is -2.13. The maximum Gasteiger partial charge on any atom is 0.171 e. The Morgan fingerprint density at radius 1 is 0.769 bits per heavy atom. The fourth-order valence-electron chi connectivity index (χ4n) is 2.62. The first-order chi connectivity index (χ1) is 12.8. The van der Waals surface area contributed by atoms with Crippen molar-refractivity contribution in [2.75, 3.05) is 20.3 Å². The van der Waals surface area contributed by atoms with Gasteiger partial charge < -0.3 is 14.2 Å². The molecule has 0 aromatic heterocycles. The molecular weight excluding hydrogens is 328 g/mol. The molecule has 4 heteroatoms. The number of methoxy groups -OCH3 is 1. The molecule has 0 spiro atoms. The van der Waals surface area contributed by atoms with Crippen molar-refractivity contribution in [1.82, 2.24) is 0 Å². The van der Waals surface area contributed by atoms with Gasteiger partial charge in [-0.05, 0) is 35.4 Å². The van der Waals surface area contributed by atoms with Gasteiger partial charge in [0, 0.05) is 0 Å². The van der Waals surface area contributed by atoms with Gasteiger partial charge in [-0.3, -0.25) is 4.79 Å². The first kappa shape index (κ1) is 17.5.